The molecule has 1 rings (SSSR count). The summed E-state index contributed by atoms with van der Waals surface area (Å²) in [6.45, 7) is 6.58. The molecule has 110 valence electrons. The summed E-state index contributed by atoms with van der Waals surface area (Å²) in [7, 11) is 1.57. The van der Waals surface area contributed by atoms with Crippen molar-refractivity contribution in [2.24, 2.45) is 17.8 Å². The van der Waals surface area contributed by atoms with Gasteiger partial charge in [0.25, 0.3) is 0 Å². The summed E-state index contributed by atoms with van der Waals surface area (Å²) in [5.41, 5.74) is 0. The number of carbonyl (C=O) groups excluding carboxylic acids is 2. The Morgan fingerprint density at radius 2 is 1.95 bits per heavy atom. The van der Waals surface area contributed by atoms with Gasteiger partial charge in [0, 0.05) is 13.5 Å². The van der Waals surface area contributed by atoms with E-state index in [1.807, 2.05) is 0 Å². The molecule has 0 radical (unpaired) electrons. The lowest BCUT2D eigenvalue weighted by Gasteiger charge is -2.36. The van der Waals surface area contributed by atoms with Crippen LogP contribution in [0.3, 0.4) is 0 Å². The van der Waals surface area contributed by atoms with Gasteiger partial charge in [0.1, 0.15) is 6.10 Å². The van der Waals surface area contributed by atoms with E-state index >= 15 is 0 Å². The van der Waals surface area contributed by atoms with Crippen molar-refractivity contribution in [2.75, 3.05) is 7.05 Å². The normalized spacial score (nSPS) is 27.1. The molecule has 0 bridgehead atoms. The molecule has 0 saturated heterocycles. The molecule has 1 amide bonds. The van der Waals surface area contributed by atoms with Gasteiger partial charge in [0.2, 0.25) is 5.91 Å². The molecule has 1 fully saturated rings. The minimum Gasteiger partial charge on any atom is -0.462 e. The lowest BCUT2D eigenvalue weighted by atomic mass is 9.75. The highest BCUT2D eigenvalue weighted by Gasteiger charge is 2.33. The maximum atomic E-state index is 11.8. The monoisotopic (exact) mass is 269 g/mol. The molecular weight excluding hydrogens is 242 g/mol. The van der Waals surface area contributed by atoms with Crippen LogP contribution < -0.4 is 5.32 Å². The van der Waals surface area contributed by atoms with Crippen LogP contribution in [-0.2, 0) is 14.3 Å². The van der Waals surface area contributed by atoms with Gasteiger partial charge in [0.05, 0.1) is 6.42 Å². The van der Waals surface area contributed by atoms with E-state index in [0.29, 0.717) is 17.8 Å². The van der Waals surface area contributed by atoms with E-state index in [2.05, 4.69) is 26.1 Å². The zero-order valence-corrected chi connectivity index (χ0v) is 12.6. The number of ether oxygens (including phenoxy) is 1. The number of carbonyl (C=O) groups is 2. The highest BCUT2D eigenvalue weighted by molar-refractivity contribution is 5.81. The fourth-order valence-electron chi connectivity index (χ4n) is 2.82. The van der Waals surface area contributed by atoms with E-state index in [1.165, 1.54) is 6.42 Å². The zero-order chi connectivity index (χ0) is 14.4. The van der Waals surface area contributed by atoms with Crippen molar-refractivity contribution in [1.29, 1.82) is 0 Å². The van der Waals surface area contributed by atoms with E-state index in [0.717, 1.165) is 12.8 Å². The van der Waals surface area contributed by atoms with Crippen LogP contribution in [0.2, 0.25) is 0 Å². The first-order valence-electron chi connectivity index (χ1n) is 7.34. The van der Waals surface area contributed by atoms with Crippen molar-refractivity contribution in [3.63, 3.8) is 0 Å². The first-order chi connectivity index (χ1) is 8.93. The summed E-state index contributed by atoms with van der Waals surface area (Å²) in [6.07, 6.45) is 3.72. The molecule has 3 atom stereocenters. The van der Waals surface area contributed by atoms with Crippen molar-refractivity contribution < 1.29 is 14.3 Å². The summed E-state index contributed by atoms with van der Waals surface area (Å²) >= 11 is 0. The Balaban J connectivity index is 2.47. The van der Waals surface area contributed by atoms with E-state index in [1.54, 1.807) is 7.05 Å². The number of nitrogens with one attached hydrogen (secondary N) is 1. The Labute approximate surface area is 116 Å². The second-order valence-corrected chi connectivity index (χ2v) is 6.03. The quantitative estimate of drug-likeness (QED) is 0.780. The van der Waals surface area contributed by atoms with Crippen LogP contribution in [0.1, 0.15) is 52.9 Å². The molecule has 3 unspecified atom stereocenters. The van der Waals surface area contributed by atoms with E-state index in [4.69, 9.17) is 4.74 Å². The average Bonchev–Trinajstić information content (AvgIpc) is 2.35. The summed E-state index contributed by atoms with van der Waals surface area (Å²) in [4.78, 5) is 22.9. The molecule has 1 saturated carbocycles. The molecule has 0 aromatic heterocycles. The molecule has 1 aliphatic carbocycles. The number of esters is 1. The van der Waals surface area contributed by atoms with Crippen molar-refractivity contribution in [2.45, 2.75) is 59.0 Å². The average molecular weight is 269 g/mol. The zero-order valence-electron chi connectivity index (χ0n) is 12.6. The highest BCUT2D eigenvalue weighted by atomic mass is 16.5. The highest BCUT2D eigenvalue weighted by Crippen LogP contribution is 2.35. The minimum atomic E-state index is -0.242. The third kappa shape index (κ3) is 5.21. The number of hydrogen-bond donors (Lipinski definition) is 1. The van der Waals surface area contributed by atoms with E-state index in [9.17, 15) is 9.59 Å². The van der Waals surface area contributed by atoms with Gasteiger partial charge < -0.3 is 10.1 Å². The van der Waals surface area contributed by atoms with Gasteiger partial charge in [-0.05, 0) is 30.6 Å². The maximum Gasteiger partial charge on any atom is 0.306 e. The standard InChI is InChI=1S/C15H27NO3/c1-10(2)12-6-5-11(3)9-13(12)19-15(18)8-7-14(17)16-4/h10-13H,5-9H2,1-4H3,(H,16,17). The molecule has 4 nitrogen and oxygen atoms in total. The lowest BCUT2D eigenvalue weighted by molar-refractivity contribution is -0.156. The van der Waals surface area contributed by atoms with Gasteiger partial charge in [-0.15, -0.1) is 0 Å². The topological polar surface area (TPSA) is 55.4 Å². The third-order valence-corrected chi connectivity index (χ3v) is 4.08. The lowest BCUT2D eigenvalue weighted by Crippen LogP contribution is -2.36. The number of amides is 1. The van der Waals surface area contributed by atoms with Gasteiger partial charge in [-0.25, -0.2) is 0 Å². The Morgan fingerprint density at radius 3 is 2.53 bits per heavy atom. The van der Waals surface area contributed by atoms with Crippen LogP contribution in [0.25, 0.3) is 0 Å². The Bertz CT molecular complexity index is 315. The Hall–Kier alpha value is -1.06. The van der Waals surface area contributed by atoms with Gasteiger partial charge in [-0.2, -0.15) is 0 Å². The predicted molar refractivity (Wildman–Crippen MR) is 74.5 cm³/mol. The van der Waals surface area contributed by atoms with Gasteiger partial charge in [-0.3, -0.25) is 9.59 Å². The molecule has 19 heavy (non-hydrogen) atoms. The Morgan fingerprint density at radius 1 is 1.26 bits per heavy atom. The fourth-order valence-corrected chi connectivity index (χ4v) is 2.82. The van der Waals surface area contributed by atoms with Crippen molar-refractivity contribution in [3.05, 3.63) is 0 Å². The summed E-state index contributed by atoms with van der Waals surface area (Å²) in [6, 6.07) is 0. The third-order valence-electron chi connectivity index (χ3n) is 4.08. The van der Waals surface area contributed by atoms with Crippen LogP contribution in [0.5, 0.6) is 0 Å². The SMILES string of the molecule is CNC(=O)CCC(=O)OC1CC(C)CCC1C(C)C. The summed E-state index contributed by atoms with van der Waals surface area (Å²) in [5, 5.41) is 2.51. The predicted octanol–water partition coefficient (Wildman–Crippen LogP) is 2.52. The summed E-state index contributed by atoms with van der Waals surface area (Å²) < 4.78 is 5.61. The smallest absolute Gasteiger partial charge is 0.306 e. The molecule has 1 aliphatic rings. The van der Waals surface area contributed by atoms with Gasteiger partial charge in [0.15, 0.2) is 0 Å². The van der Waals surface area contributed by atoms with Gasteiger partial charge in [-0.1, -0.05) is 27.2 Å². The first-order valence-corrected chi connectivity index (χ1v) is 7.34. The second kappa shape index (κ2) is 7.51. The van der Waals surface area contributed by atoms with Crippen LogP contribution >= 0.6 is 0 Å². The van der Waals surface area contributed by atoms with E-state index < -0.39 is 0 Å². The van der Waals surface area contributed by atoms with Crippen LogP contribution in [0.15, 0.2) is 0 Å². The Kier molecular flexibility index (Phi) is 6.32. The molecule has 4 heteroatoms. The maximum absolute atomic E-state index is 11.8. The molecule has 1 N–H and O–H groups in total. The summed E-state index contributed by atoms with van der Waals surface area (Å²) in [5.74, 6) is 1.25. The largest absolute Gasteiger partial charge is 0.462 e. The molecule has 0 aromatic carbocycles. The van der Waals surface area contributed by atoms with Gasteiger partial charge >= 0.3 is 5.97 Å². The minimum absolute atomic E-state index is 0.0286. The second-order valence-electron chi connectivity index (χ2n) is 6.03. The molecule has 0 aromatic rings. The first kappa shape index (κ1) is 16.0. The molecule has 0 spiro atoms. The van der Waals surface area contributed by atoms with Crippen LogP contribution in [0.4, 0.5) is 0 Å². The van der Waals surface area contributed by atoms with E-state index in [-0.39, 0.29) is 30.8 Å². The van der Waals surface area contributed by atoms with Crippen LogP contribution in [-0.4, -0.2) is 25.0 Å². The van der Waals surface area contributed by atoms with Crippen molar-refractivity contribution in [1.82, 2.24) is 5.32 Å². The molecule has 0 heterocycles. The van der Waals surface area contributed by atoms with Crippen molar-refractivity contribution >= 4 is 11.9 Å². The fraction of sp³-hybridized carbons (Fsp3) is 0.867. The molecular formula is C15H27NO3. The van der Waals surface area contributed by atoms with Crippen molar-refractivity contribution in [3.8, 4) is 0 Å². The number of hydrogen-bond acceptors (Lipinski definition) is 3. The number of rotatable bonds is 5. The van der Waals surface area contributed by atoms with Crippen LogP contribution in [0, 0.1) is 17.8 Å². The molecule has 0 aliphatic heterocycles.